The molecule has 0 aliphatic heterocycles. The number of aryl methyl sites for hydroxylation is 1. The van der Waals surface area contributed by atoms with E-state index in [4.69, 9.17) is 9.84 Å². The fourth-order valence-electron chi connectivity index (χ4n) is 0.895. The maximum Gasteiger partial charge on any atom is 0.334 e. The van der Waals surface area contributed by atoms with E-state index < -0.39 is 5.97 Å². The third-order valence-electron chi connectivity index (χ3n) is 1.70. The van der Waals surface area contributed by atoms with Crippen molar-refractivity contribution in [2.75, 3.05) is 0 Å². The summed E-state index contributed by atoms with van der Waals surface area (Å²) in [6, 6.07) is 7.42. The maximum absolute atomic E-state index is 10.4. The van der Waals surface area contributed by atoms with Crippen molar-refractivity contribution in [3.8, 4) is 5.75 Å². The molecule has 0 saturated heterocycles. The Morgan fingerprint density at radius 3 is 2.79 bits per heavy atom. The van der Waals surface area contributed by atoms with Crippen LogP contribution in [0.25, 0.3) is 0 Å². The molecule has 3 nitrogen and oxygen atoms in total. The number of carbonyl (C=O) groups is 1. The minimum atomic E-state index is -0.974. The van der Waals surface area contributed by atoms with E-state index in [1.54, 1.807) is 6.07 Å². The minimum Gasteiger partial charge on any atom is -0.478 e. The number of hydrogen-bond acceptors (Lipinski definition) is 2. The zero-order chi connectivity index (χ0) is 10.6. The molecule has 0 aliphatic rings. The van der Waals surface area contributed by atoms with Crippen LogP contribution in [0.15, 0.2) is 36.1 Å². The predicted octanol–water partition coefficient (Wildman–Crippen LogP) is 2.36. The number of ether oxygens (including phenoxy) is 1. The highest BCUT2D eigenvalue weighted by Gasteiger charge is 1.99. The molecule has 0 heterocycles. The van der Waals surface area contributed by atoms with Crippen molar-refractivity contribution in [1.29, 1.82) is 0 Å². The van der Waals surface area contributed by atoms with E-state index in [2.05, 4.69) is 0 Å². The second-order valence-electron chi connectivity index (χ2n) is 3.04. The smallest absolute Gasteiger partial charge is 0.334 e. The van der Waals surface area contributed by atoms with Crippen LogP contribution in [0.1, 0.15) is 12.5 Å². The number of carboxylic acid groups (broad SMARTS) is 1. The van der Waals surface area contributed by atoms with E-state index >= 15 is 0 Å². The van der Waals surface area contributed by atoms with E-state index in [1.807, 2.05) is 25.1 Å². The Morgan fingerprint density at radius 2 is 2.21 bits per heavy atom. The molecule has 3 heteroatoms. The Labute approximate surface area is 82.6 Å². The third kappa shape index (κ3) is 2.94. The second-order valence-corrected chi connectivity index (χ2v) is 3.04. The minimum absolute atomic E-state index is 0.173. The largest absolute Gasteiger partial charge is 0.478 e. The SMILES string of the molecule is CC(=COc1cccc(C)c1)C(=O)O. The monoisotopic (exact) mass is 192 g/mol. The molecular weight excluding hydrogens is 180 g/mol. The van der Waals surface area contributed by atoms with Gasteiger partial charge in [-0.05, 0) is 31.5 Å². The summed E-state index contributed by atoms with van der Waals surface area (Å²) >= 11 is 0. The van der Waals surface area contributed by atoms with Gasteiger partial charge in [0.2, 0.25) is 0 Å². The van der Waals surface area contributed by atoms with Crippen molar-refractivity contribution in [2.45, 2.75) is 13.8 Å². The molecule has 0 aliphatic carbocycles. The maximum atomic E-state index is 10.4. The highest BCUT2D eigenvalue weighted by molar-refractivity contribution is 5.85. The van der Waals surface area contributed by atoms with Gasteiger partial charge in [0.05, 0.1) is 5.57 Å². The van der Waals surface area contributed by atoms with Gasteiger partial charge in [0.1, 0.15) is 12.0 Å². The van der Waals surface area contributed by atoms with Crippen LogP contribution in [-0.4, -0.2) is 11.1 Å². The van der Waals surface area contributed by atoms with Crippen molar-refractivity contribution >= 4 is 5.97 Å². The summed E-state index contributed by atoms with van der Waals surface area (Å²) in [5, 5.41) is 8.57. The van der Waals surface area contributed by atoms with Gasteiger partial charge in [-0.3, -0.25) is 0 Å². The normalized spacial score (nSPS) is 11.1. The zero-order valence-electron chi connectivity index (χ0n) is 8.15. The van der Waals surface area contributed by atoms with E-state index in [0.717, 1.165) is 5.56 Å². The van der Waals surface area contributed by atoms with Gasteiger partial charge in [-0.25, -0.2) is 4.79 Å². The van der Waals surface area contributed by atoms with Crippen molar-refractivity contribution in [2.24, 2.45) is 0 Å². The quantitative estimate of drug-likeness (QED) is 0.590. The summed E-state index contributed by atoms with van der Waals surface area (Å²) in [7, 11) is 0. The van der Waals surface area contributed by atoms with Crippen molar-refractivity contribution in [3.05, 3.63) is 41.7 Å². The lowest BCUT2D eigenvalue weighted by molar-refractivity contribution is -0.132. The van der Waals surface area contributed by atoms with E-state index in [9.17, 15) is 4.79 Å². The van der Waals surface area contributed by atoms with Crippen molar-refractivity contribution in [1.82, 2.24) is 0 Å². The van der Waals surface area contributed by atoms with Gasteiger partial charge in [0.25, 0.3) is 0 Å². The molecule has 0 saturated carbocycles. The van der Waals surface area contributed by atoms with Gasteiger partial charge in [-0.15, -0.1) is 0 Å². The summed E-state index contributed by atoms with van der Waals surface area (Å²) in [5.74, 6) is -0.330. The molecule has 1 rings (SSSR count). The molecule has 1 aromatic rings. The molecular formula is C11H12O3. The van der Waals surface area contributed by atoms with Crippen LogP contribution in [-0.2, 0) is 4.79 Å². The standard InChI is InChI=1S/C11H12O3/c1-8-4-3-5-10(6-8)14-7-9(2)11(12)13/h3-7H,1-2H3,(H,12,13). The van der Waals surface area contributed by atoms with Crippen molar-refractivity contribution < 1.29 is 14.6 Å². The Kier molecular flexibility index (Phi) is 3.29. The van der Waals surface area contributed by atoms with Gasteiger partial charge in [-0.2, -0.15) is 0 Å². The molecule has 0 fully saturated rings. The summed E-state index contributed by atoms with van der Waals surface area (Å²) in [6.45, 7) is 3.43. The summed E-state index contributed by atoms with van der Waals surface area (Å²) in [5.41, 5.74) is 1.25. The number of aliphatic carboxylic acids is 1. The van der Waals surface area contributed by atoms with Gasteiger partial charge in [0.15, 0.2) is 0 Å². The summed E-state index contributed by atoms with van der Waals surface area (Å²) in [6.07, 6.45) is 1.23. The Morgan fingerprint density at radius 1 is 1.50 bits per heavy atom. The Hall–Kier alpha value is -1.77. The fraction of sp³-hybridized carbons (Fsp3) is 0.182. The molecule has 0 spiro atoms. The average molecular weight is 192 g/mol. The van der Waals surface area contributed by atoms with Crippen LogP contribution in [0.2, 0.25) is 0 Å². The van der Waals surface area contributed by atoms with Gasteiger partial charge in [0, 0.05) is 0 Å². The van der Waals surface area contributed by atoms with E-state index in [-0.39, 0.29) is 5.57 Å². The number of carboxylic acids is 1. The molecule has 14 heavy (non-hydrogen) atoms. The topological polar surface area (TPSA) is 46.5 Å². The Balaban J connectivity index is 2.71. The van der Waals surface area contributed by atoms with Crippen LogP contribution >= 0.6 is 0 Å². The van der Waals surface area contributed by atoms with Crippen LogP contribution in [0.5, 0.6) is 5.75 Å². The fourth-order valence-corrected chi connectivity index (χ4v) is 0.895. The lowest BCUT2D eigenvalue weighted by atomic mass is 10.2. The number of hydrogen-bond donors (Lipinski definition) is 1. The highest BCUT2D eigenvalue weighted by Crippen LogP contribution is 2.13. The van der Waals surface area contributed by atoms with E-state index in [0.29, 0.717) is 5.75 Å². The zero-order valence-corrected chi connectivity index (χ0v) is 8.15. The predicted molar refractivity (Wildman–Crippen MR) is 53.2 cm³/mol. The first-order valence-corrected chi connectivity index (χ1v) is 4.23. The van der Waals surface area contributed by atoms with Crippen LogP contribution in [0.3, 0.4) is 0 Å². The third-order valence-corrected chi connectivity index (χ3v) is 1.70. The van der Waals surface area contributed by atoms with Crippen LogP contribution in [0, 0.1) is 6.92 Å². The molecule has 0 aromatic heterocycles. The van der Waals surface area contributed by atoms with Crippen LogP contribution in [0.4, 0.5) is 0 Å². The molecule has 0 atom stereocenters. The molecule has 0 unspecified atom stereocenters. The number of benzene rings is 1. The first-order chi connectivity index (χ1) is 6.59. The lowest BCUT2D eigenvalue weighted by Gasteiger charge is -2.01. The second kappa shape index (κ2) is 4.46. The van der Waals surface area contributed by atoms with Gasteiger partial charge in [-0.1, -0.05) is 12.1 Å². The molecule has 0 radical (unpaired) electrons. The van der Waals surface area contributed by atoms with Gasteiger partial charge >= 0.3 is 5.97 Å². The van der Waals surface area contributed by atoms with Crippen LogP contribution < -0.4 is 4.74 Å². The summed E-state index contributed by atoms with van der Waals surface area (Å²) < 4.78 is 5.17. The molecule has 74 valence electrons. The molecule has 1 N–H and O–H groups in total. The highest BCUT2D eigenvalue weighted by atomic mass is 16.5. The average Bonchev–Trinajstić information content (AvgIpc) is 2.14. The van der Waals surface area contributed by atoms with Gasteiger partial charge < -0.3 is 9.84 Å². The first-order valence-electron chi connectivity index (χ1n) is 4.23. The van der Waals surface area contributed by atoms with E-state index in [1.165, 1.54) is 13.2 Å². The molecule has 0 amide bonds. The molecule has 1 aromatic carbocycles. The van der Waals surface area contributed by atoms with Crippen molar-refractivity contribution in [3.63, 3.8) is 0 Å². The summed E-state index contributed by atoms with van der Waals surface area (Å²) in [4.78, 5) is 10.4. The molecule has 0 bridgehead atoms. The Bertz CT molecular complexity index is 367. The first kappa shape index (κ1) is 10.3. The number of rotatable bonds is 3. The lowest BCUT2D eigenvalue weighted by Crippen LogP contribution is -1.98.